The van der Waals surface area contributed by atoms with Crippen molar-refractivity contribution < 1.29 is 0 Å². The summed E-state index contributed by atoms with van der Waals surface area (Å²) in [5.41, 5.74) is 0. The number of nitrogens with zero attached hydrogens (tertiary/aromatic N) is 3. The first-order valence-electron chi connectivity index (χ1n) is 4.30. The lowest BCUT2D eigenvalue weighted by Crippen LogP contribution is -2.44. The molecule has 0 radical (unpaired) electrons. The van der Waals surface area contributed by atoms with Gasteiger partial charge in [0.1, 0.15) is 0 Å². The molecule has 1 aromatic heterocycles. The van der Waals surface area contributed by atoms with Crippen LogP contribution in [0.2, 0.25) is 5.15 Å². The molecule has 1 aliphatic rings. The van der Waals surface area contributed by atoms with Gasteiger partial charge in [-0.3, -0.25) is 0 Å². The van der Waals surface area contributed by atoms with Gasteiger partial charge in [-0.15, -0.1) is 24.8 Å². The molecule has 2 heterocycles. The maximum atomic E-state index is 5.92. The number of anilines is 1. The maximum Gasteiger partial charge on any atom is 0.171 e. The van der Waals surface area contributed by atoms with Crippen molar-refractivity contribution in [3.8, 4) is 0 Å². The number of halogens is 3. The van der Waals surface area contributed by atoms with Gasteiger partial charge in [-0.05, 0) is 0 Å². The summed E-state index contributed by atoms with van der Waals surface area (Å²) >= 11 is 5.92. The van der Waals surface area contributed by atoms with E-state index in [2.05, 4.69) is 20.2 Å². The summed E-state index contributed by atoms with van der Waals surface area (Å²) in [6, 6.07) is 0. The van der Waals surface area contributed by atoms with E-state index in [9.17, 15) is 0 Å². The second-order valence-electron chi connectivity index (χ2n) is 2.91. The van der Waals surface area contributed by atoms with Crippen molar-refractivity contribution in [3.63, 3.8) is 0 Å². The van der Waals surface area contributed by atoms with E-state index in [1.54, 1.807) is 12.4 Å². The van der Waals surface area contributed by atoms with Crippen LogP contribution in [0, 0.1) is 0 Å². The molecule has 0 unspecified atom stereocenters. The molecular weight excluding hydrogens is 258 g/mol. The van der Waals surface area contributed by atoms with Crippen LogP contribution in [0.4, 0.5) is 5.82 Å². The smallest absolute Gasteiger partial charge is 0.171 e. The highest BCUT2D eigenvalue weighted by atomic mass is 35.5. The van der Waals surface area contributed by atoms with Gasteiger partial charge in [0.25, 0.3) is 0 Å². The molecule has 2 rings (SSSR count). The Bertz CT molecular complexity index is 291. The summed E-state index contributed by atoms with van der Waals surface area (Å²) in [5.74, 6) is 0.797. The third kappa shape index (κ3) is 3.65. The highest BCUT2D eigenvalue weighted by Gasteiger charge is 2.14. The summed E-state index contributed by atoms with van der Waals surface area (Å²) in [5, 5.41) is 3.76. The Kier molecular flexibility index (Phi) is 6.92. The van der Waals surface area contributed by atoms with E-state index in [1.165, 1.54) is 0 Å². The van der Waals surface area contributed by atoms with E-state index in [0.29, 0.717) is 5.15 Å². The van der Waals surface area contributed by atoms with Crippen molar-refractivity contribution in [1.82, 2.24) is 15.3 Å². The van der Waals surface area contributed by atoms with Gasteiger partial charge >= 0.3 is 0 Å². The highest BCUT2D eigenvalue weighted by Crippen LogP contribution is 2.19. The minimum absolute atomic E-state index is 0. The van der Waals surface area contributed by atoms with Crippen LogP contribution in [-0.4, -0.2) is 36.1 Å². The van der Waals surface area contributed by atoms with Gasteiger partial charge in [0.2, 0.25) is 0 Å². The van der Waals surface area contributed by atoms with Crippen LogP contribution in [0.3, 0.4) is 0 Å². The van der Waals surface area contributed by atoms with Crippen LogP contribution < -0.4 is 10.2 Å². The molecule has 1 fully saturated rings. The SMILES string of the molecule is Cl.Cl.Clc1nccnc1N1CCNCC1. The fourth-order valence-corrected chi connectivity index (χ4v) is 1.63. The third-order valence-electron chi connectivity index (χ3n) is 2.05. The Labute approximate surface area is 106 Å². The fourth-order valence-electron chi connectivity index (χ4n) is 1.40. The Morgan fingerprint density at radius 3 is 2.33 bits per heavy atom. The van der Waals surface area contributed by atoms with Gasteiger partial charge in [0.05, 0.1) is 0 Å². The van der Waals surface area contributed by atoms with Crippen molar-refractivity contribution in [3.05, 3.63) is 17.5 Å². The van der Waals surface area contributed by atoms with E-state index in [-0.39, 0.29) is 24.8 Å². The largest absolute Gasteiger partial charge is 0.352 e. The molecule has 1 aliphatic heterocycles. The predicted octanol–water partition coefficient (Wildman–Crippen LogP) is 1.38. The molecule has 0 bridgehead atoms. The minimum atomic E-state index is 0. The molecule has 0 aromatic carbocycles. The Morgan fingerprint density at radius 1 is 1.13 bits per heavy atom. The monoisotopic (exact) mass is 270 g/mol. The molecule has 86 valence electrons. The third-order valence-corrected chi connectivity index (χ3v) is 2.32. The second kappa shape index (κ2) is 7.06. The first-order chi connectivity index (χ1) is 6.38. The normalized spacial score (nSPS) is 15.1. The van der Waals surface area contributed by atoms with Crippen molar-refractivity contribution in [1.29, 1.82) is 0 Å². The minimum Gasteiger partial charge on any atom is -0.352 e. The van der Waals surface area contributed by atoms with E-state index in [4.69, 9.17) is 11.6 Å². The quantitative estimate of drug-likeness (QED) is 0.838. The van der Waals surface area contributed by atoms with E-state index < -0.39 is 0 Å². The zero-order valence-corrected chi connectivity index (χ0v) is 10.4. The standard InChI is InChI=1S/C8H11ClN4.2ClH/c9-7-8(12-2-1-11-7)13-5-3-10-4-6-13;;/h1-2,10H,3-6H2;2*1H. The first-order valence-corrected chi connectivity index (χ1v) is 4.68. The predicted molar refractivity (Wildman–Crippen MR) is 66.6 cm³/mol. The maximum absolute atomic E-state index is 5.92. The van der Waals surface area contributed by atoms with Crippen LogP contribution in [0.25, 0.3) is 0 Å². The molecule has 15 heavy (non-hydrogen) atoms. The molecule has 1 aromatic rings. The van der Waals surface area contributed by atoms with Gasteiger partial charge in [0.15, 0.2) is 11.0 Å². The van der Waals surface area contributed by atoms with E-state index >= 15 is 0 Å². The van der Waals surface area contributed by atoms with Gasteiger partial charge in [-0.2, -0.15) is 0 Å². The van der Waals surface area contributed by atoms with Crippen molar-refractivity contribution in [2.45, 2.75) is 0 Å². The summed E-state index contributed by atoms with van der Waals surface area (Å²) < 4.78 is 0. The molecule has 1 saturated heterocycles. The number of nitrogens with one attached hydrogen (secondary N) is 1. The topological polar surface area (TPSA) is 41.1 Å². The lowest BCUT2D eigenvalue weighted by Gasteiger charge is -2.28. The van der Waals surface area contributed by atoms with Crippen molar-refractivity contribution >= 4 is 42.2 Å². The molecule has 0 atom stereocenters. The molecule has 0 aliphatic carbocycles. The number of rotatable bonds is 1. The van der Waals surface area contributed by atoms with Crippen LogP contribution in [0.15, 0.2) is 12.4 Å². The zero-order chi connectivity index (χ0) is 9.10. The number of piperazine rings is 1. The fraction of sp³-hybridized carbons (Fsp3) is 0.500. The van der Waals surface area contributed by atoms with Gasteiger partial charge in [-0.1, -0.05) is 11.6 Å². The van der Waals surface area contributed by atoms with Crippen LogP contribution >= 0.6 is 36.4 Å². The Hall–Kier alpha value is -0.290. The second-order valence-corrected chi connectivity index (χ2v) is 3.27. The lowest BCUT2D eigenvalue weighted by molar-refractivity contribution is 0.584. The van der Waals surface area contributed by atoms with Gasteiger partial charge < -0.3 is 10.2 Å². The van der Waals surface area contributed by atoms with Crippen molar-refractivity contribution in [2.24, 2.45) is 0 Å². The van der Waals surface area contributed by atoms with Crippen molar-refractivity contribution in [2.75, 3.05) is 31.1 Å². The van der Waals surface area contributed by atoms with E-state index in [0.717, 1.165) is 32.0 Å². The van der Waals surface area contributed by atoms with Gasteiger partial charge in [0, 0.05) is 38.6 Å². The summed E-state index contributed by atoms with van der Waals surface area (Å²) in [4.78, 5) is 10.3. The highest BCUT2D eigenvalue weighted by molar-refractivity contribution is 6.31. The summed E-state index contributed by atoms with van der Waals surface area (Å²) in [7, 11) is 0. The summed E-state index contributed by atoms with van der Waals surface area (Å²) in [6.45, 7) is 3.84. The molecule has 0 saturated carbocycles. The van der Waals surface area contributed by atoms with Crippen LogP contribution in [0.1, 0.15) is 0 Å². The van der Waals surface area contributed by atoms with Gasteiger partial charge in [-0.25, -0.2) is 9.97 Å². The lowest BCUT2D eigenvalue weighted by atomic mass is 10.3. The average Bonchev–Trinajstić information content (AvgIpc) is 2.20. The average molecular weight is 272 g/mol. The molecule has 0 spiro atoms. The number of hydrogen-bond acceptors (Lipinski definition) is 4. The number of hydrogen-bond donors (Lipinski definition) is 1. The Balaban J connectivity index is 0.000000980. The Morgan fingerprint density at radius 2 is 1.73 bits per heavy atom. The number of aromatic nitrogens is 2. The molecule has 1 N–H and O–H groups in total. The van der Waals surface area contributed by atoms with Crippen LogP contribution in [-0.2, 0) is 0 Å². The molecule has 0 amide bonds. The summed E-state index contributed by atoms with van der Waals surface area (Å²) in [6.07, 6.45) is 3.28. The zero-order valence-electron chi connectivity index (χ0n) is 8.02. The van der Waals surface area contributed by atoms with E-state index in [1.807, 2.05) is 0 Å². The first kappa shape index (κ1) is 14.7. The molecule has 4 nitrogen and oxygen atoms in total. The molecular formula is C8H13Cl3N4. The van der Waals surface area contributed by atoms with Crippen LogP contribution in [0.5, 0.6) is 0 Å². The molecule has 7 heteroatoms.